The van der Waals surface area contributed by atoms with Crippen LogP contribution in [0.5, 0.6) is 0 Å². The van der Waals surface area contributed by atoms with Gasteiger partial charge in [-0.25, -0.2) is 0 Å². The fourth-order valence-corrected chi connectivity index (χ4v) is 3.27. The van der Waals surface area contributed by atoms with Crippen molar-refractivity contribution >= 4 is 5.91 Å². The molecule has 2 fully saturated rings. The lowest BCUT2D eigenvalue weighted by atomic mass is 9.97. The van der Waals surface area contributed by atoms with Crippen LogP contribution < -0.4 is 5.32 Å². The molecule has 2 atom stereocenters. The maximum absolute atomic E-state index is 12.6. The monoisotopic (exact) mass is 298 g/mol. The van der Waals surface area contributed by atoms with E-state index < -0.39 is 12.6 Å². The van der Waals surface area contributed by atoms with E-state index in [1.165, 1.54) is 12.1 Å². The summed E-state index contributed by atoms with van der Waals surface area (Å²) >= 11 is 0. The number of carbonyl (C=O) groups excluding carboxylic acids is 1. The Balaban J connectivity index is 1.81. The van der Waals surface area contributed by atoms with Crippen molar-refractivity contribution < 1.29 is 18.0 Å². The Morgan fingerprint density at radius 1 is 1.29 bits per heavy atom. The number of amides is 1. The number of benzene rings is 1. The molecule has 1 amide bonds. The summed E-state index contributed by atoms with van der Waals surface area (Å²) in [6, 6.07) is 6.32. The van der Waals surface area contributed by atoms with E-state index in [1.807, 2.05) is 0 Å². The van der Waals surface area contributed by atoms with E-state index in [9.17, 15) is 18.0 Å². The third kappa shape index (κ3) is 3.20. The third-order valence-corrected chi connectivity index (χ3v) is 4.16. The van der Waals surface area contributed by atoms with Crippen LogP contribution in [0.2, 0.25) is 0 Å². The molecule has 3 rings (SSSR count). The second kappa shape index (κ2) is 5.33. The third-order valence-electron chi connectivity index (χ3n) is 4.16. The fraction of sp³-hybridized carbons (Fsp3) is 0.533. The number of nitrogens with one attached hydrogen (secondary N) is 1. The number of nitrogens with zero attached hydrogens (tertiary/aromatic N) is 1. The van der Waals surface area contributed by atoms with Gasteiger partial charge in [0.05, 0.1) is 6.42 Å². The molecule has 114 valence electrons. The van der Waals surface area contributed by atoms with Crippen molar-refractivity contribution in [2.24, 2.45) is 5.92 Å². The predicted octanol–water partition coefficient (Wildman–Crippen LogP) is 2.23. The molecular formula is C15H17F3N2O. The molecule has 2 aliphatic heterocycles. The number of halogens is 3. The van der Waals surface area contributed by atoms with Crippen LogP contribution in [-0.2, 0) is 6.42 Å². The van der Waals surface area contributed by atoms with Gasteiger partial charge < -0.3 is 10.2 Å². The van der Waals surface area contributed by atoms with Gasteiger partial charge in [0.2, 0.25) is 0 Å². The van der Waals surface area contributed by atoms with Gasteiger partial charge in [-0.15, -0.1) is 0 Å². The minimum absolute atomic E-state index is 0.0564. The van der Waals surface area contributed by atoms with Crippen molar-refractivity contribution in [1.82, 2.24) is 10.2 Å². The van der Waals surface area contributed by atoms with Gasteiger partial charge in [0.1, 0.15) is 0 Å². The van der Waals surface area contributed by atoms with Crippen LogP contribution in [0.15, 0.2) is 24.3 Å². The lowest BCUT2D eigenvalue weighted by Crippen LogP contribution is -2.44. The molecule has 1 aromatic carbocycles. The van der Waals surface area contributed by atoms with Gasteiger partial charge in [0.25, 0.3) is 5.91 Å². The van der Waals surface area contributed by atoms with Gasteiger partial charge in [0, 0.05) is 31.2 Å². The van der Waals surface area contributed by atoms with E-state index in [-0.39, 0.29) is 23.1 Å². The number of likely N-dealkylation sites (tertiary alicyclic amines) is 1. The number of alkyl halides is 3. The molecule has 2 heterocycles. The van der Waals surface area contributed by atoms with Gasteiger partial charge in [-0.3, -0.25) is 4.79 Å². The van der Waals surface area contributed by atoms with Crippen molar-refractivity contribution in [3.05, 3.63) is 35.4 Å². The van der Waals surface area contributed by atoms with Crippen LogP contribution in [0.25, 0.3) is 0 Å². The molecular weight excluding hydrogens is 281 g/mol. The van der Waals surface area contributed by atoms with Crippen LogP contribution in [0.3, 0.4) is 0 Å². The summed E-state index contributed by atoms with van der Waals surface area (Å²) < 4.78 is 37.9. The average Bonchev–Trinajstić information content (AvgIpc) is 2.75. The zero-order valence-electron chi connectivity index (χ0n) is 11.5. The van der Waals surface area contributed by atoms with Gasteiger partial charge in [0.15, 0.2) is 0 Å². The summed E-state index contributed by atoms with van der Waals surface area (Å²) in [5, 5.41) is 3.33. The molecule has 3 nitrogen and oxygen atoms in total. The number of carbonyl (C=O) groups is 1. The molecule has 2 saturated heterocycles. The highest BCUT2D eigenvalue weighted by atomic mass is 19.4. The lowest BCUT2D eigenvalue weighted by Gasteiger charge is -2.31. The molecule has 1 N–H and O–H groups in total. The minimum Gasteiger partial charge on any atom is -0.337 e. The predicted molar refractivity (Wildman–Crippen MR) is 72.0 cm³/mol. The molecule has 1 aromatic rings. The molecule has 0 spiro atoms. The first-order chi connectivity index (χ1) is 9.92. The van der Waals surface area contributed by atoms with E-state index in [1.54, 1.807) is 17.0 Å². The lowest BCUT2D eigenvalue weighted by molar-refractivity contribution is -0.127. The topological polar surface area (TPSA) is 32.3 Å². The van der Waals surface area contributed by atoms with Crippen LogP contribution in [0.1, 0.15) is 22.3 Å². The Morgan fingerprint density at radius 2 is 2.05 bits per heavy atom. The van der Waals surface area contributed by atoms with E-state index in [2.05, 4.69) is 5.32 Å². The second-order valence-corrected chi connectivity index (χ2v) is 5.87. The van der Waals surface area contributed by atoms with Gasteiger partial charge in [-0.2, -0.15) is 13.2 Å². The Bertz CT molecular complexity index is 532. The van der Waals surface area contributed by atoms with E-state index in [0.29, 0.717) is 19.0 Å². The first kappa shape index (κ1) is 14.4. The van der Waals surface area contributed by atoms with Crippen LogP contribution >= 0.6 is 0 Å². The number of hydrogen-bond acceptors (Lipinski definition) is 2. The summed E-state index contributed by atoms with van der Waals surface area (Å²) in [4.78, 5) is 14.2. The summed E-state index contributed by atoms with van der Waals surface area (Å²) in [6.07, 6.45) is -4.32. The fourth-order valence-electron chi connectivity index (χ4n) is 3.27. The second-order valence-electron chi connectivity index (χ2n) is 5.87. The maximum atomic E-state index is 12.6. The largest absolute Gasteiger partial charge is 0.393 e. The Morgan fingerprint density at radius 3 is 2.76 bits per heavy atom. The molecule has 21 heavy (non-hydrogen) atoms. The Kier molecular flexibility index (Phi) is 3.65. The first-order valence-corrected chi connectivity index (χ1v) is 7.10. The molecule has 0 aromatic heterocycles. The van der Waals surface area contributed by atoms with Crippen LogP contribution in [0, 0.1) is 5.92 Å². The number of hydrogen-bond donors (Lipinski definition) is 1. The van der Waals surface area contributed by atoms with E-state index >= 15 is 0 Å². The van der Waals surface area contributed by atoms with Gasteiger partial charge >= 0.3 is 6.18 Å². The molecule has 0 saturated carbocycles. The quantitative estimate of drug-likeness (QED) is 0.908. The number of fused-ring (bicyclic) bond motifs is 2. The van der Waals surface area contributed by atoms with E-state index in [4.69, 9.17) is 0 Å². The average molecular weight is 298 g/mol. The highest BCUT2D eigenvalue weighted by Crippen LogP contribution is 2.27. The number of rotatable bonds is 2. The van der Waals surface area contributed by atoms with Crippen molar-refractivity contribution in [3.63, 3.8) is 0 Å². The molecule has 2 unspecified atom stereocenters. The summed E-state index contributed by atoms with van der Waals surface area (Å²) in [6.45, 7) is 2.09. The van der Waals surface area contributed by atoms with Gasteiger partial charge in [-0.05, 0) is 24.0 Å². The SMILES string of the molecule is O=C(c1ccccc1CC(F)(F)F)N1CC2CNC(C2)C1. The standard InChI is InChI=1S/C15H17F3N2O/c16-15(17,18)6-11-3-1-2-4-13(11)14(21)20-8-10-5-12(9-20)19-7-10/h1-4,10,12,19H,5-9H2. The minimum atomic E-state index is -4.31. The Labute approximate surface area is 121 Å². The highest BCUT2D eigenvalue weighted by molar-refractivity contribution is 5.95. The summed E-state index contributed by atoms with van der Waals surface area (Å²) in [5.41, 5.74) is 0.233. The summed E-state index contributed by atoms with van der Waals surface area (Å²) in [5.74, 6) is 0.135. The van der Waals surface area contributed by atoms with Crippen molar-refractivity contribution in [2.45, 2.75) is 25.1 Å². The number of piperidine rings is 1. The first-order valence-electron chi connectivity index (χ1n) is 7.10. The molecule has 2 aliphatic rings. The molecule has 0 aliphatic carbocycles. The van der Waals surface area contributed by atoms with Crippen molar-refractivity contribution in [2.75, 3.05) is 19.6 Å². The molecule has 0 radical (unpaired) electrons. The van der Waals surface area contributed by atoms with E-state index in [0.717, 1.165) is 13.0 Å². The smallest absolute Gasteiger partial charge is 0.337 e. The summed E-state index contributed by atoms with van der Waals surface area (Å²) in [7, 11) is 0. The van der Waals surface area contributed by atoms with Gasteiger partial charge in [-0.1, -0.05) is 18.2 Å². The molecule has 6 heteroatoms. The van der Waals surface area contributed by atoms with Crippen LogP contribution in [-0.4, -0.2) is 42.7 Å². The van der Waals surface area contributed by atoms with Crippen molar-refractivity contribution in [1.29, 1.82) is 0 Å². The highest BCUT2D eigenvalue weighted by Gasteiger charge is 2.36. The molecule has 2 bridgehead atoms. The zero-order chi connectivity index (χ0) is 15.0. The normalized spacial score (nSPS) is 25.2. The Hall–Kier alpha value is -1.56. The maximum Gasteiger partial charge on any atom is 0.393 e. The van der Waals surface area contributed by atoms with Crippen molar-refractivity contribution in [3.8, 4) is 0 Å². The van der Waals surface area contributed by atoms with Crippen LogP contribution in [0.4, 0.5) is 13.2 Å². The zero-order valence-corrected chi connectivity index (χ0v) is 11.5.